The molecule has 0 bridgehead atoms. The highest BCUT2D eigenvalue weighted by molar-refractivity contribution is 5.96. The Hall–Kier alpha value is -1.83. The molecule has 21 heavy (non-hydrogen) atoms. The number of morpholine rings is 1. The minimum Gasteiger partial charge on any atom is -0.375 e. The van der Waals surface area contributed by atoms with Gasteiger partial charge in [-0.25, -0.2) is 0 Å². The van der Waals surface area contributed by atoms with E-state index in [2.05, 4.69) is 18.8 Å². The highest BCUT2D eigenvalue weighted by Gasteiger charge is 2.25. The third-order valence-electron chi connectivity index (χ3n) is 3.77. The van der Waals surface area contributed by atoms with Crippen LogP contribution in [0, 0.1) is 18.8 Å². The fourth-order valence-electron chi connectivity index (χ4n) is 2.47. The van der Waals surface area contributed by atoms with Gasteiger partial charge in [0, 0.05) is 24.2 Å². The molecule has 1 amide bonds. The molecule has 1 aliphatic rings. The van der Waals surface area contributed by atoms with E-state index in [1.807, 2.05) is 30.0 Å². The first-order chi connectivity index (χ1) is 10.2. The van der Waals surface area contributed by atoms with Crippen molar-refractivity contribution in [1.29, 1.82) is 0 Å². The molecular formula is C17H22N2O2. The second-order valence-electron chi connectivity index (χ2n) is 5.14. The summed E-state index contributed by atoms with van der Waals surface area (Å²) in [5, 5.41) is 0. The Morgan fingerprint density at radius 3 is 3.05 bits per heavy atom. The molecule has 1 unspecified atom stereocenters. The van der Waals surface area contributed by atoms with E-state index in [0.717, 1.165) is 23.1 Å². The lowest BCUT2D eigenvalue weighted by molar-refractivity contribution is -0.0226. The van der Waals surface area contributed by atoms with Crippen LogP contribution in [0.2, 0.25) is 0 Å². The summed E-state index contributed by atoms with van der Waals surface area (Å²) in [6.07, 6.45) is 1.06. The van der Waals surface area contributed by atoms with Gasteiger partial charge in [-0.15, -0.1) is 0 Å². The average molecular weight is 286 g/mol. The number of nitrogens with zero attached hydrogens (tertiary/aromatic N) is 1. The standard InChI is InChI=1S/C17H22N2O2/c1-3-15-12-19(10-11-21-15)17(20)16-8-4-6-14(13(16)2)7-5-9-18/h4,6,8,15H,3,9-12,18H2,1-2H3. The van der Waals surface area contributed by atoms with Gasteiger partial charge in [0.1, 0.15) is 0 Å². The van der Waals surface area contributed by atoms with Crippen molar-refractivity contribution in [3.63, 3.8) is 0 Å². The fourth-order valence-corrected chi connectivity index (χ4v) is 2.47. The maximum atomic E-state index is 12.7. The van der Waals surface area contributed by atoms with Gasteiger partial charge >= 0.3 is 0 Å². The summed E-state index contributed by atoms with van der Waals surface area (Å²) in [5.74, 6) is 5.92. The zero-order chi connectivity index (χ0) is 15.2. The molecule has 1 saturated heterocycles. The second-order valence-corrected chi connectivity index (χ2v) is 5.14. The van der Waals surface area contributed by atoms with Crippen molar-refractivity contribution >= 4 is 5.91 Å². The van der Waals surface area contributed by atoms with Gasteiger partial charge in [0.25, 0.3) is 5.91 Å². The van der Waals surface area contributed by atoms with Gasteiger partial charge in [-0.3, -0.25) is 4.79 Å². The van der Waals surface area contributed by atoms with Crippen molar-refractivity contribution in [3.8, 4) is 11.8 Å². The molecule has 2 N–H and O–H groups in total. The van der Waals surface area contributed by atoms with Crippen LogP contribution in [0.15, 0.2) is 18.2 Å². The van der Waals surface area contributed by atoms with E-state index in [4.69, 9.17) is 10.5 Å². The molecule has 0 spiro atoms. The zero-order valence-electron chi connectivity index (χ0n) is 12.7. The molecule has 1 aromatic rings. The molecule has 1 atom stereocenters. The van der Waals surface area contributed by atoms with Crippen LogP contribution in [-0.2, 0) is 4.74 Å². The Balaban J connectivity index is 2.23. The lowest BCUT2D eigenvalue weighted by Gasteiger charge is -2.33. The molecule has 1 aliphatic heterocycles. The molecule has 1 heterocycles. The molecule has 1 aromatic carbocycles. The summed E-state index contributed by atoms with van der Waals surface area (Å²) in [4.78, 5) is 14.6. The molecule has 4 heteroatoms. The lowest BCUT2D eigenvalue weighted by atomic mass is 10.0. The van der Waals surface area contributed by atoms with Crippen LogP contribution in [0.5, 0.6) is 0 Å². The van der Waals surface area contributed by atoms with Crippen LogP contribution in [-0.4, -0.2) is 43.2 Å². The summed E-state index contributed by atoms with van der Waals surface area (Å²) in [5.41, 5.74) is 7.91. The number of ether oxygens (including phenoxy) is 1. The molecular weight excluding hydrogens is 264 g/mol. The summed E-state index contributed by atoms with van der Waals surface area (Å²) in [7, 11) is 0. The topological polar surface area (TPSA) is 55.6 Å². The van der Waals surface area contributed by atoms with E-state index >= 15 is 0 Å². The summed E-state index contributed by atoms with van der Waals surface area (Å²) >= 11 is 0. The molecule has 0 aliphatic carbocycles. The fraction of sp³-hybridized carbons (Fsp3) is 0.471. The number of carbonyl (C=O) groups is 1. The largest absolute Gasteiger partial charge is 0.375 e. The molecule has 112 valence electrons. The minimum absolute atomic E-state index is 0.0608. The van der Waals surface area contributed by atoms with Crippen molar-refractivity contribution in [2.45, 2.75) is 26.4 Å². The second kappa shape index (κ2) is 7.26. The van der Waals surface area contributed by atoms with Crippen LogP contribution in [0.3, 0.4) is 0 Å². The Bertz CT molecular complexity index is 572. The molecule has 2 rings (SSSR count). The van der Waals surface area contributed by atoms with Crippen LogP contribution in [0.1, 0.15) is 34.8 Å². The number of hydrogen-bond acceptors (Lipinski definition) is 3. The summed E-state index contributed by atoms with van der Waals surface area (Å²) < 4.78 is 5.62. The van der Waals surface area contributed by atoms with Gasteiger partial charge in [0.05, 0.1) is 19.3 Å². The predicted octanol–water partition coefficient (Wildman–Crippen LogP) is 1.56. The van der Waals surface area contributed by atoms with Gasteiger partial charge in [-0.05, 0) is 31.0 Å². The molecule has 1 fully saturated rings. The van der Waals surface area contributed by atoms with Gasteiger partial charge in [-0.2, -0.15) is 0 Å². The third-order valence-corrected chi connectivity index (χ3v) is 3.77. The van der Waals surface area contributed by atoms with E-state index in [1.165, 1.54) is 0 Å². The average Bonchev–Trinajstić information content (AvgIpc) is 2.53. The number of benzene rings is 1. The predicted molar refractivity (Wildman–Crippen MR) is 83.0 cm³/mol. The maximum Gasteiger partial charge on any atom is 0.254 e. The van der Waals surface area contributed by atoms with E-state index in [0.29, 0.717) is 26.2 Å². The van der Waals surface area contributed by atoms with Gasteiger partial charge in [-0.1, -0.05) is 24.8 Å². The molecule has 0 radical (unpaired) electrons. The van der Waals surface area contributed by atoms with E-state index in [9.17, 15) is 4.79 Å². The van der Waals surface area contributed by atoms with Crippen molar-refractivity contribution in [2.24, 2.45) is 5.73 Å². The molecule has 4 nitrogen and oxygen atoms in total. The monoisotopic (exact) mass is 286 g/mol. The van der Waals surface area contributed by atoms with Crippen LogP contribution < -0.4 is 5.73 Å². The smallest absolute Gasteiger partial charge is 0.254 e. The number of nitrogens with two attached hydrogens (primary N) is 1. The first-order valence-corrected chi connectivity index (χ1v) is 7.36. The Morgan fingerprint density at radius 2 is 2.33 bits per heavy atom. The maximum absolute atomic E-state index is 12.7. The van der Waals surface area contributed by atoms with Crippen LogP contribution in [0.25, 0.3) is 0 Å². The number of hydrogen-bond donors (Lipinski definition) is 1. The Morgan fingerprint density at radius 1 is 1.52 bits per heavy atom. The highest BCUT2D eigenvalue weighted by Crippen LogP contribution is 2.17. The quantitative estimate of drug-likeness (QED) is 0.839. The number of rotatable bonds is 2. The van der Waals surface area contributed by atoms with Gasteiger partial charge in [0.2, 0.25) is 0 Å². The number of amides is 1. The first kappa shape index (κ1) is 15.6. The molecule has 0 saturated carbocycles. The minimum atomic E-state index is 0.0608. The van der Waals surface area contributed by atoms with E-state index in [-0.39, 0.29) is 12.0 Å². The highest BCUT2D eigenvalue weighted by atomic mass is 16.5. The van der Waals surface area contributed by atoms with Crippen molar-refractivity contribution < 1.29 is 9.53 Å². The SMILES string of the molecule is CCC1CN(C(=O)c2cccc(C#CCN)c2C)CCO1. The summed E-state index contributed by atoms with van der Waals surface area (Å²) in [6, 6.07) is 5.66. The lowest BCUT2D eigenvalue weighted by Crippen LogP contribution is -2.45. The van der Waals surface area contributed by atoms with Gasteiger partial charge in [0.15, 0.2) is 0 Å². The Kier molecular flexibility index (Phi) is 5.38. The van der Waals surface area contributed by atoms with Gasteiger partial charge < -0.3 is 15.4 Å². The van der Waals surface area contributed by atoms with E-state index < -0.39 is 0 Å². The zero-order valence-corrected chi connectivity index (χ0v) is 12.7. The first-order valence-electron chi connectivity index (χ1n) is 7.36. The molecule has 0 aromatic heterocycles. The number of carbonyl (C=O) groups excluding carboxylic acids is 1. The van der Waals surface area contributed by atoms with Crippen LogP contribution >= 0.6 is 0 Å². The van der Waals surface area contributed by atoms with Crippen molar-refractivity contribution in [2.75, 3.05) is 26.2 Å². The third kappa shape index (κ3) is 3.63. The van der Waals surface area contributed by atoms with Crippen molar-refractivity contribution in [1.82, 2.24) is 4.90 Å². The van der Waals surface area contributed by atoms with Crippen LogP contribution in [0.4, 0.5) is 0 Å². The van der Waals surface area contributed by atoms with Crippen molar-refractivity contribution in [3.05, 3.63) is 34.9 Å². The Labute approximate surface area is 126 Å². The normalized spacial score (nSPS) is 18.0. The summed E-state index contributed by atoms with van der Waals surface area (Å²) in [6.45, 7) is 6.24. The van der Waals surface area contributed by atoms with E-state index in [1.54, 1.807) is 0 Å².